The fraction of sp³-hybridized carbons (Fsp3) is 0.375. The van der Waals surface area contributed by atoms with E-state index >= 15 is 0 Å². The van der Waals surface area contributed by atoms with Gasteiger partial charge in [0.2, 0.25) is 0 Å². The Morgan fingerprint density at radius 3 is 2.58 bits per heavy atom. The number of amidine groups is 1. The van der Waals surface area contributed by atoms with Crippen molar-refractivity contribution in [1.29, 1.82) is 0 Å². The van der Waals surface area contributed by atoms with Crippen LogP contribution in [0, 0.1) is 5.41 Å². The van der Waals surface area contributed by atoms with Crippen LogP contribution in [0.1, 0.15) is 48.5 Å². The molecule has 0 aliphatic carbocycles. The van der Waals surface area contributed by atoms with Gasteiger partial charge in [0.05, 0.1) is 28.6 Å². The fourth-order valence-corrected chi connectivity index (χ4v) is 4.38. The predicted molar refractivity (Wildman–Crippen MR) is 129 cm³/mol. The van der Waals surface area contributed by atoms with Gasteiger partial charge in [-0.05, 0) is 31.2 Å². The van der Waals surface area contributed by atoms with Crippen molar-refractivity contribution in [3.63, 3.8) is 0 Å². The highest BCUT2D eigenvalue weighted by molar-refractivity contribution is 7.17. The van der Waals surface area contributed by atoms with E-state index in [1.54, 1.807) is 36.6 Å². The quantitative estimate of drug-likeness (QED) is 0.613. The third-order valence-corrected chi connectivity index (χ3v) is 6.04. The molecular formula is C24H29N3O3S. The van der Waals surface area contributed by atoms with Crippen LogP contribution in [0.2, 0.25) is 0 Å². The van der Waals surface area contributed by atoms with Crippen molar-refractivity contribution in [3.05, 3.63) is 58.1 Å². The van der Waals surface area contributed by atoms with Gasteiger partial charge in [-0.3, -0.25) is 0 Å². The van der Waals surface area contributed by atoms with E-state index in [4.69, 9.17) is 14.7 Å². The molecule has 2 aromatic rings. The van der Waals surface area contributed by atoms with E-state index in [1.165, 1.54) is 5.00 Å². The number of ether oxygens (including phenoxy) is 1. The number of nitrogens with zero attached hydrogens (tertiary/aromatic N) is 3. The third kappa shape index (κ3) is 5.29. The van der Waals surface area contributed by atoms with Gasteiger partial charge in [0.25, 0.3) is 0 Å². The second-order valence-electron chi connectivity index (χ2n) is 8.27. The number of allylic oxidation sites excluding steroid dienone is 1. The summed E-state index contributed by atoms with van der Waals surface area (Å²) >= 11 is 1.70. The molecule has 31 heavy (non-hydrogen) atoms. The highest BCUT2D eigenvalue weighted by Crippen LogP contribution is 2.33. The van der Waals surface area contributed by atoms with Crippen LogP contribution in [0.25, 0.3) is 6.08 Å². The van der Waals surface area contributed by atoms with Gasteiger partial charge in [-0.25, -0.2) is 14.8 Å². The maximum absolute atomic E-state index is 11.7. The van der Waals surface area contributed by atoms with E-state index in [1.807, 2.05) is 12.1 Å². The number of aliphatic imine (C=N–C) groups is 2. The number of rotatable bonds is 8. The lowest BCUT2D eigenvalue weighted by molar-refractivity contribution is 0.0696. The normalized spacial score (nSPS) is 15.2. The van der Waals surface area contributed by atoms with Gasteiger partial charge in [-0.1, -0.05) is 39.0 Å². The number of thiophene rings is 1. The molecule has 2 heterocycles. The van der Waals surface area contributed by atoms with Crippen molar-refractivity contribution in [1.82, 2.24) is 0 Å². The first-order valence-electron chi connectivity index (χ1n) is 10.3. The number of likely N-dealkylation sites (N-methyl/N-ethyl adjacent to an activating group) is 1. The zero-order valence-corrected chi connectivity index (χ0v) is 19.5. The molecule has 1 aliphatic rings. The third-order valence-electron chi connectivity index (χ3n) is 4.95. The average Bonchev–Trinajstić information content (AvgIpc) is 3.36. The molecular weight excluding hydrogens is 410 g/mol. The number of methoxy groups -OCH3 is 1. The first-order chi connectivity index (χ1) is 14.7. The van der Waals surface area contributed by atoms with Crippen molar-refractivity contribution >= 4 is 39.9 Å². The summed E-state index contributed by atoms with van der Waals surface area (Å²) < 4.78 is 5.22. The molecule has 0 fully saturated rings. The molecule has 0 saturated carbocycles. The average molecular weight is 440 g/mol. The van der Waals surface area contributed by atoms with Crippen LogP contribution in [-0.2, 0) is 4.74 Å². The van der Waals surface area contributed by atoms with E-state index in [9.17, 15) is 9.90 Å². The molecule has 0 spiro atoms. The van der Waals surface area contributed by atoms with E-state index in [-0.39, 0.29) is 11.0 Å². The Morgan fingerprint density at radius 2 is 1.94 bits per heavy atom. The molecule has 1 aromatic carbocycles. The maximum atomic E-state index is 11.7. The lowest BCUT2D eigenvalue weighted by atomic mass is 9.88. The topological polar surface area (TPSA) is 74.5 Å². The lowest BCUT2D eigenvalue weighted by Gasteiger charge is -2.20. The molecule has 7 heteroatoms. The second kappa shape index (κ2) is 9.58. The Hall–Kier alpha value is -2.77. The van der Waals surface area contributed by atoms with Crippen molar-refractivity contribution < 1.29 is 14.6 Å². The number of carboxylic acid groups (broad SMARTS) is 1. The van der Waals surface area contributed by atoms with E-state index in [0.717, 1.165) is 29.4 Å². The number of carbonyl (C=O) groups is 1. The SMILES string of the molecule is CCN(CCOC)c1ccc(/C=C2\N=C(c3ccccc3C(=O)O)N=C2C(C)(C)C)s1. The van der Waals surface area contributed by atoms with Gasteiger partial charge in [0.15, 0.2) is 5.84 Å². The first-order valence-corrected chi connectivity index (χ1v) is 11.1. The summed E-state index contributed by atoms with van der Waals surface area (Å²) in [6, 6.07) is 11.1. The molecule has 1 aromatic heterocycles. The summed E-state index contributed by atoms with van der Waals surface area (Å²) in [6.45, 7) is 10.8. The summed E-state index contributed by atoms with van der Waals surface area (Å²) in [4.78, 5) is 24.5. The Bertz CT molecular complexity index is 1040. The minimum Gasteiger partial charge on any atom is -0.478 e. The Labute approximate surface area is 187 Å². The van der Waals surface area contributed by atoms with Crippen LogP contribution in [0.15, 0.2) is 52.1 Å². The van der Waals surface area contributed by atoms with E-state index in [2.05, 4.69) is 44.7 Å². The number of carboxylic acids is 1. The predicted octanol–water partition coefficient (Wildman–Crippen LogP) is 5.21. The van der Waals surface area contributed by atoms with Gasteiger partial charge < -0.3 is 14.7 Å². The van der Waals surface area contributed by atoms with Gasteiger partial charge in [0.1, 0.15) is 0 Å². The van der Waals surface area contributed by atoms with Gasteiger partial charge in [-0.2, -0.15) is 0 Å². The maximum Gasteiger partial charge on any atom is 0.336 e. The van der Waals surface area contributed by atoms with Crippen LogP contribution < -0.4 is 4.90 Å². The Morgan fingerprint density at radius 1 is 1.19 bits per heavy atom. The highest BCUT2D eigenvalue weighted by atomic mass is 32.1. The summed E-state index contributed by atoms with van der Waals surface area (Å²) in [7, 11) is 1.71. The largest absolute Gasteiger partial charge is 0.478 e. The fourth-order valence-electron chi connectivity index (χ4n) is 3.34. The van der Waals surface area contributed by atoms with Crippen molar-refractivity contribution in [3.8, 4) is 0 Å². The van der Waals surface area contributed by atoms with E-state index in [0.29, 0.717) is 18.0 Å². The van der Waals surface area contributed by atoms with Gasteiger partial charge in [-0.15, -0.1) is 11.3 Å². The Balaban J connectivity index is 1.99. The number of hydrogen-bond donors (Lipinski definition) is 1. The molecule has 164 valence electrons. The molecule has 1 aliphatic heterocycles. The van der Waals surface area contributed by atoms with Crippen LogP contribution in [0.4, 0.5) is 5.00 Å². The number of anilines is 1. The number of hydrogen-bond acceptors (Lipinski definition) is 6. The van der Waals surface area contributed by atoms with Gasteiger partial charge in [0, 0.05) is 36.1 Å². The monoisotopic (exact) mass is 439 g/mol. The van der Waals surface area contributed by atoms with Crippen molar-refractivity contribution in [2.24, 2.45) is 15.4 Å². The molecule has 0 atom stereocenters. The molecule has 0 bridgehead atoms. The van der Waals surface area contributed by atoms with Gasteiger partial charge >= 0.3 is 5.97 Å². The molecule has 3 rings (SSSR count). The molecule has 0 radical (unpaired) electrons. The summed E-state index contributed by atoms with van der Waals surface area (Å²) in [6.07, 6.45) is 2.04. The van der Waals surface area contributed by atoms with Crippen LogP contribution in [-0.4, -0.2) is 49.4 Å². The second-order valence-corrected chi connectivity index (χ2v) is 9.37. The standard InChI is InChI=1S/C24H29N3O3S/c1-6-27(13-14-30-5)20-12-11-16(31-20)15-19-21(24(2,3)4)26-22(25-19)17-9-7-8-10-18(17)23(28)29/h7-12,15H,6,13-14H2,1-5H3,(H,28,29)/b19-15-. The van der Waals surface area contributed by atoms with E-state index < -0.39 is 5.97 Å². The Kier molecular flexibility index (Phi) is 7.08. The lowest BCUT2D eigenvalue weighted by Crippen LogP contribution is -2.25. The summed E-state index contributed by atoms with van der Waals surface area (Å²) in [5, 5.41) is 10.7. The van der Waals surface area contributed by atoms with Crippen LogP contribution >= 0.6 is 11.3 Å². The number of benzene rings is 1. The van der Waals surface area contributed by atoms with Crippen molar-refractivity contribution in [2.75, 3.05) is 31.7 Å². The highest BCUT2D eigenvalue weighted by Gasteiger charge is 2.29. The summed E-state index contributed by atoms with van der Waals surface area (Å²) in [5.74, 6) is -0.539. The molecule has 1 N–H and O–H groups in total. The molecule has 6 nitrogen and oxygen atoms in total. The molecule has 0 unspecified atom stereocenters. The van der Waals surface area contributed by atoms with Crippen LogP contribution in [0.5, 0.6) is 0 Å². The molecule has 0 amide bonds. The molecule has 0 saturated heterocycles. The van der Waals surface area contributed by atoms with Crippen molar-refractivity contribution in [2.45, 2.75) is 27.7 Å². The smallest absolute Gasteiger partial charge is 0.336 e. The van der Waals surface area contributed by atoms with Crippen LogP contribution in [0.3, 0.4) is 0 Å². The zero-order valence-electron chi connectivity index (χ0n) is 18.7. The first kappa shape index (κ1) is 22.9. The summed E-state index contributed by atoms with van der Waals surface area (Å²) in [5.41, 5.74) is 2.13. The minimum absolute atomic E-state index is 0.203. The number of aromatic carboxylic acids is 1. The zero-order chi connectivity index (χ0) is 22.6. The minimum atomic E-state index is -0.984.